The van der Waals surface area contributed by atoms with Gasteiger partial charge in [0.2, 0.25) is 11.8 Å². The van der Waals surface area contributed by atoms with E-state index in [0.717, 1.165) is 21.0 Å². The lowest BCUT2D eigenvalue weighted by Crippen LogP contribution is -2.50. The van der Waals surface area contributed by atoms with Crippen molar-refractivity contribution in [1.29, 1.82) is 0 Å². The number of carbonyl (C=O) groups is 2. The van der Waals surface area contributed by atoms with Gasteiger partial charge in [0.25, 0.3) is 10.0 Å². The second kappa shape index (κ2) is 11.9. The van der Waals surface area contributed by atoms with Crippen LogP contribution in [0.15, 0.2) is 77.7 Å². The zero-order valence-corrected chi connectivity index (χ0v) is 22.6. The van der Waals surface area contributed by atoms with E-state index >= 15 is 0 Å². The van der Waals surface area contributed by atoms with Gasteiger partial charge in [-0.25, -0.2) is 8.42 Å². The van der Waals surface area contributed by atoms with Gasteiger partial charge in [-0.2, -0.15) is 0 Å². The third-order valence-corrected chi connectivity index (χ3v) is 8.03. The Bertz CT molecular complexity index is 1360. The number of likely N-dealkylation sites (N-methyl/N-ethyl adjacent to an activating group) is 1. The molecule has 0 unspecified atom stereocenters. The summed E-state index contributed by atoms with van der Waals surface area (Å²) in [6, 6.07) is 19.8. The van der Waals surface area contributed by atoms with Gasteiger partial charge in [-0.1, -0.05) is 54.1 Å². The van der Waals surface area contributed by atoms with E-state index < -0.39 is 28.5 Å². The Morgan fingerprint density at radius 3 is 2.19 bits per heavy atom. The Kier molecular flexibility index (Phi) is 8.94. The van der Waals surface area contributed by atoms with Gasteiger partial charge >= 0.3 is 0 Å². The van der Waals surface area contributed by atoms with Gasteiger partial charge in [-0.3, -0.25) is 13.9 Å². The number of nitrogens with one attached hydrogen (secondary N) is 1. The average molecular weight is 524 g/mol. The third-order valence-electron chi connectivity index (χ3n) is 6.26. The number of hydrogen-bond acceptors (Lipinski definition) is 5. The minimum Gasteiger partial charge on any atom is -0.495 e. The number of aryl methyl sites for hydroxylation is 2. The van der Waals surface area contributed by atoms with Gasteiger partial charge in [0.1, 0.15) is 18.3 Å². The largest absolute Gasteiger partial charge is 0.495 e. The highest BCUT2D eigenvalue weighted by atomic mass is 32.2. The van der Waals surface area contributed by atoms with Crippen molar-refractivity contribution in [2.45, 2.75) is 38.3 Å². The van der Waals surface area contributed by atoms with Crippen LogP contribution < -0.4 is 14.4 Å². The monoisotopic (exact) mass is 523 g/mol. The number of rotatable bonds is 10. The number of methoxy groups -OCH3 is 1. The standard InChI is InChI=1S/C28H33N3O5S/c1-20-14-16-24(17-15-20)37(34,35)31(25-12-8-9-13-26(25)36-5)19-27(32)30(22(3)28(33)29-4)18-23-11-7-6-10-21(23)2/h6-17,22H,18-19H2,1-5H3,(H,29,33)/t22-/m0/s1. The van der Waals surface area contributed by atoms with E-state index in [1.807, 2.05) is 38.1 Å². The van der Waals surface area contributed by atoms with E-state index in [1.165, 1.54) is 31.2 Å². The molecule has 0 aromatic heterocycles. The van der Waals surface area contributed by atoms with Gasteiger partial charge < -0.3 is 15.0 Å². The highest BCUT2D eigenvalue weighted by molar-refractivity contribution is 7.92. The summed E-state index contributed by atoms with van der Waals surface area (Å²) in [5, 5.41) is 2.58. The number of anilines is 1. The molecule has 1 N–H and O–H groups in total. The number of benzene rings is 3. The summed E-state index contributed by atoms with van der Waals surface area (Å²) in [4.78, 5) is 27.9. The fourth-order valence-corrected chi connectivity index (χ4v) is 5.37. The molecule has 3 rings (SSSR count). The first-order chi connectivity index (χ1) is 17.6. The zero-order valence-electron chi connectivity index (χ0n) is 21.8. The zero-order chi connectivity index (χ0) is 27.2. The average Bonchev–Trinajstić information content (AvgIpc) is 2.90. The first-order valence-electron chi connectivity index (χ1n) is 11.9. The lowest BCUT2D eigenvalue weighted by atomic mass is 10.1. The molecule has 1 atom stereocenters. The summed E-state index contributed by atoms with van der Waals surface area (Å²) in [7, 11) is -1.22. The molecular weight excluding hydrogens is 490 g/mol. The highest BCUT2D eigenvalue weighted by Crippen LogP contribution is 2.32. The molecule has 0 spiro atoms. The van der Waals surface area contributed by atoms with Crippen LogP contribution >= 0.6 is 0 Å². The van der Waals surface area contributed by atoms with E-state index in [9.17, 15) is 18.0 Å². The molecule has 196 valence electrons. The second-order valence-electron chi connectivity index (χ2n) is 8.73. The molecule has 0 saturated heterocycles. The van der Waals surface area contributed by atoms with E-state index in [0.29, 0.717) is 5.75 Å². The third kappa shape index (κ3) is 6.29. The number of ether oxygens (including phenoxy) is 1. The predicted octanol–water partition coefficient (Wildman–Crippen LogP) is 3.67. The van der Waals surface area contributed by atoms with Crippen LogP contribution in [0.5, 0.6) is 5.75 Å². The minimum atomic E-state index is -4.16. The van der Waals surface area contributed by atoms with Crippen LogP contribution in [0.2, 0.25) is 0 Å². The lowest BCUT2D eigenvalue weighted by Gasteiger charge is -2.32. The Labute approximate surface area is 218 Å². The molecule has 0 aliphatic rings. The van der Waals surface area contributed by atoms with Gasteiger partial charge in [-0.05, 0) is 56.2 Å². The summed E-state index contributed by atoms with van der Waals surface area (Å²) >= 11 is 0. The molecule has 0 aliphatic carbocycles. The Morgan fingerprint density at radius 1 is 0.946 bits per heavy atom. The first kappa shape index (κ1) is 27.7. The summed E-state index contributed by atoms with van der Waals surface area (Å²) in [5.74, 6) is -0.580. The van der Waals surface area contributed by atoms with Crippen LogP contribution in [0, 0.1) is 13.8 Å². The number of hydrogen-bond donors (Lipinski definition) is 1. The summed E-state index contributed by atoms with van der Waals surface area (Å²) in [5.41, 5.74) is 2.94. The van der Waals surface area contributed by atoms with Crippen LogP contribution in [0.25, 0.3) is 0 Å². The summed E-state index contributed by atoms with van der Waals surface area (Å²) in [6.07, 6.45) is 0. The quantitative estimate of drug-likeness (QED) is 0.438. The molecule has 3 aromatic carbocycles. The molecule has 37 heavy (non-hydrogen) atoms. The number of para-hydroxylation sites is 2. The molecular formula is C28H33N3O5S. The van der Waals surface area contributed by atoms with Crippen LogP contribution in [-0.2, 0) is 26.2 Å². The van der Waals surface area contributed by atoms with Crippen LogP contribution in [0.4, 0.5) is 5.69 Å². The summed E-state index contributed by atoms with van der Waals surface area (Å²) in [6.45, 7) is 5.03. The highest BCUT2D eigenvalue weighted by Gasteiger charge is 2.33. The molecule has 0 saturated carbocycles. The summed E-state index contributed by atoms with van der Waals surface area (Å²) < 4.78 is 34.2. The normalized spacial score (nSPS) is 11.9. The molecule has 0 radical (unpaired) electrons. The minimum absolute atomic E-state index is 0.0432. The van der Waals surface area contributed by atoms with Crippen molar-refractivity contribution in [3.63, 3.8) is 0 Å². The molecule has 3 aromatic rings. The van der Waals surface area contributed by atoms with Gasteiger partial charge in [0, 0.05) is 13.6 Å². The van der Waals surface area contributed by atoms with E-state index in [-0.39, 0.29) is 23.0 Å². The number of sulfonamides is 1. The van der Waals surface area contributed by atoms with Crippen molar-refractivity contribution in [3.05, 3.63) is 89.5 Å². The topological polar surface area (TPSA) is 96.0 Å². The van der Waals surface area contributed by atoms with Gasteiger partial charge in [0.15, 0.2) is 0 Å². The molecule has 0 fully saturated rings. The Morgan fingerprint density at radius 2 is 1.57 bits per heavy atom. The molecule has 0 bridgehead atoms. The van der Waals surface area contributed by atoms with Crippen LogP contribution in [-0.4, -0.2) is 51.9 Å². The maximum absolute atomic E-state index is 13.9. The van der Waals surface area contributed by atoms with Crippen molar-refractivity contribution < 1.29 is 22.7 Å². The predicted molar refractivity (Wildman–Crippen MR) is 144 cm³/mol. The van der Waals surface area contributed by atoms with Crippen LogP contribution in [0.1, 0.15) is 23.6 Å². The number of amides is 2. The fourth-order valence-electron chi connectivity index (χ4n) is 3.95. The molecule has 9 heteroatoms. The van der Waals surface area contributed by atoms with E-state index in [2.05, 4.69) is 5.32 Å². The SMILES string of the molecule is CNC(=O)[C@H](C)N(Cc1ccccc1C)C(=O)CN(c1ccccc1OC)S(=O)(=O)c1ccc(C)cc1. The van der Waals surface area contributed by atoms with Crippen molar-refractivity contribution in [2.75, 3.05) is 25.0 Å². The smallest absolute Gasteiger partial charge is 0.264 e. The molecule has 0 heterocycles. The lowest BCUT2D eigenvalue weighted by molar-refractivity contribution is -0.139. The van der Waals surface area contributed by atoms with Crippen molar-refractivity contribution in [3.8, 4) is 5.75 Å². The van der Waals surface area contributed by atoms with Gasteiger partial charge in [0.05, 0.1) is 17.7 Å². The van der Waals surface area contributed by atoms with Gasteiger partial charge in [-0.15, -0.1) is 0 Å². The maximum atomic E-state index is 13.9. The van der Waals surface area contributed by atoms with Crippen molar-refractivity contribution in [2.24, 2.45) is 0 Å². The van der Waals surface area contributed by atoms with E-state index in [1.54, 1.807) is 43.3 Å². The van der Waals surface area contributed by atoms with E-state index in [4.69, 9.17) is 4.74 Å². The van der Waals surface area contributed by atoms with Crippen molar-refractivity contribution in [1.82, 2.24) is 10.2 Å². The number of carbonyl (C=O) groups excluding carboxylic acids is 2. The van der Waals surface area contributed by atoms with Crippen LogP contribution in [0.3, 0.4) is 0 Å². The maximum Gasteiger partial charge on any atom is 0.264 e. The Balaban J connectivity index is 2.08. The van der Waals surface area contributed by atoms with Crippen molar-refractivity contribution >= 4 is 27.5 Å². The number of nitrogens with zero attached hydrogens (tertiary/aromatic N) is 2. The fraction of sp³-hybridized carbons (Fsp3) is 0.286. The second-order valence-corrected chi connectivity index (χ2v) is 10.6. The molecule has 2 amide bonds. The Hall–Kier alpha value is -3.85. The molecule has 8 nitrogen and oxygen atoms in total. The molecule has 0 aliphatic heterocycles. The first-order valence-corrected chi connectivity index (χ1v) is 13.3.